The number of halogens is 1. The van der Waals surface area contributed by atoms with E-state index in [4.69, 9.17) is 18.9 Å². The van der Waals surface area contributed by atoms with Crippen LogP contribution in [0.2, 0.25) is 0 Å². The highest BCUT2D eigenvalue weighted by atomic mass is 79.9. The van der Waals surface area contributed by atoms with Gasteiger partial charge in [0.25, 0.3) is 4.73 Å². The van der Waals surface area contributed by atoms with Crippen LogP contribution in [-0.4, -0.2) is 62.5 Å². The Kier molecular flexibility index (Phi) is 6.43. The first-order valence-electron chi connectivity index (χ1n) is 7.49. The predicted octanol–water partition coefficient (Wildman–Crippen LogP) is 0.273. The summed E-state index contributed by atoms with van der Waals surface area (Å²) in [5, 5.41) is 14.6. The molecule has 13 nitrogen and oxygen atoms in total. The lowest BCUT2D eigenvalue weighted by molar-refractivity contribution is -0.394. The van der Waals surface area contributed by atoms with Crippen molar-refractivity contribution in [2.45, 2.75) is 45.3 Å². The summed E-state index contributed by atoms with van der Waals surface area (Å²) < 4.78 is 21.8. The number of nitrogens with zero attached hydrogens (tertiary/aromatic N) is 4. The summed E-state index contributed by atoms with van der Waals surface area (Å²) >= 11 is 3.01. The van der Waals surface area contributed by atoms with Gasteiger partial charge >= 0.3 is 23.9 Å². The molecule has 0 spiro atoms. The molecule has 1 aliphatic heterocycles. The largest absolute Gasteiger partial charge is 0.492 e. The zero-order valence-electron chi connectivity index (χ0n) is 14.4. The molecular weight excluding hydrogens is 436 g/mol. The Morgan fingerprint density at radius 2 is 1.78 bits per heavy atom. The van der Waals surface area contributed by atoms with Crippen LogP contribution in [0.4, 0.5) is 5.95 Å². The first-order valence-corrected chi connectivity index (χ1v) is 8.29. The molecule has 1 aromatic heterocycles. The fourth-order valence-electron chi connectivity index (χ4n) is 2.42. The summed E-state index contributed by atoms with van der Waals surface area (Å²) in [5.41, 5.74) is 0. The van der Waals surface area contributed by atoms with E-state index in [1.807, 2.05) is 0 Å². The van der Waals surface area contributed by atoms with Crippen molar-refractivity contribution in [2.24, 2.45) is 0 Å². The molecule has 1 saturated heterocycles. The van der Waals surface area contributed by atoms with Crippen LogP contribution in [0, 0.1) is 10.1 Å². The molecule has 4 unspecified atom stereocenters. The molecule has 0 aliphatic carbocycles. The third kappa shape index (κ3) is 4.97. The zero-order chi connectivity index (χ0) is 20.3. The molecular formula is C13H15BrN4O9. The Balaban J connectivity index is 2.40. The average Bonchev–Trinajstić information content (AvgIpc) is 3.06. The fraction of sp³-hybridized carbons (Fsp3) is 0.615. The van der Waals surface area contributed by atoms with E-state index >= 15 is 0 Å². The van der Waals surface area contributed by atoms with E-state index in [2.05, 4.69) is 26.0 Å². The Hall–Kier alpha value is -2.61. The monoisotopic (exact) mass is 450 g/mol. The molecule has 0 saturated carbocycles. The highest BCUT2D eigenvalue weighted by Gasteiger charge is 2.52. The highest BCUT2D eigenvalue weighted by molar-refractivity contribution is 9.10. The molecule has 1 fully saturated rings. The molecule has 0 aromatic carbocycles. The van der Waals surface area contributed by atoms with Crippen LogP contribution in [0.5, 0.6) is 0 Å². The van der Waals surface area contributed by atoms with Gasteiger partial charge in [-0.1, -0.05) is 0 Å². The number of nitro groups is 1. The van der Waals surface area contributed by atoms with E-state index in [0.29, 0.717) is 0 Å². The topological polar surface area (TPSA) is 162 Å². The number of esters is 3. The smallest absolute Gasteiger partial charge is 0.463 e. The lowest BCUT2D eigenvalue weighted by Crippen LogP contribution is -2.40. The van der Waals surface area contributed by atoms with Crippen molar-refractivity contribution in [3.05, 3.63) is 14.8 Å². The van der Waals surface area contributed by atoms with Crippen LogP contribution in [-0.2, 0) is 33.3 Å². The second-order valence-corrected chi connectivity index (χ2v) is 6.11. The zero-order valence-corrected chi connectivity index (χ0v) is 15.9. The van der Waals surface area contributed by atoms with E-state index < -0.39 is 53.3 Å². The summed E-state index contributed by atoms with van der Waals surface area (Å²) in [6.07, 6.45) is -4.60. The maximum Gasteiger partial charge on any atom is 0.492 e. The molecule has 0 radical (unpaired) electrons. The van der Waals surface area contributed by atoms with E-state index in [0.717, 1.165) is 18.5 Å². The second kappa shape index (κ2) is 8.39. The van der Waals surface area contributed by atoms with E-state index in [9.17, 15) is 24.5 Å². The van der Waals surface area contributed by atoms with Crippen molar-refractivity contribution in [3.8, 4) is 0 Å². The van der Waals surface area contributed by atoms with Crippen LogP contribution in [0.1, 0.15) is 27.0 Å². The molecule has 0 amide bonds. The van der Waals surface area contributed by atoms with Crippen LogP contribution >= 0.6 is 15.9 Å². The van der Waals surface area contributed by atoms with E-state index in [-0.39, 0.29) is 11.3 Å². The maximum atomic E-state index is 11.5. The van der Waals surface area contributed by atoms with E-state index in [1.165, 1.54) is 6.92 Å². The fourth-order valence-corrected chi connectivity index (χ4v) is 2.86. The van der Waals surface area contributed by atoms with Gasteiger partial charge in [0.1, 0.15) is 12.7 Å². The summed E-state index contributed by atoms with van der Waals surface area (Å²) in [7, 11) is 0. The molecule has 4 atom stereocenters. The number of rotatable bonds is 6. The predicted molar refractivity (Wildman–Crippen MR) is 86.0 cm³/mol. The van der Waals surface area contributed by atoms with Crippen LogP contribution < -0.4 is 0 Å². The number of aromatic nitrogens is 3. The third-order valence-corrected chi connectivity index (χ3v) is 3.86. The minimum Gasteiger partial charge on any atom is -0.463 e. The van der Waals surface area contributed by atoms with Gasteiger partial charge in [-0.3, -0.25) is 14.4 Å². The van der Waals surface area contributed by atoms with Gasteiger partial charge in [-0.15, -0.1) is 4.68 Å². The van der Waals surface area contributed by atoms with Gasteiger partial charge in [-0.05, 0) is 9.91 Å². The minimum atomic E-state index is -1.23. The van der Waals surface area contributed by atoms with Gasteiger partial charge in [0.05, 0.1) is 0 Å². The quantitative estimate of drug-likeness (QED) is 0.253. The molecule has 0 N–H and O–H groups in total. The number of hydrogen-bond donors (Lipinski definition) is 0. The lowest BCUT2D eigenvalue weighted by atomic mass is 10.1. The molecule has 1 aliphatic rings. The summed E-state index contributed by atoms with van der Waals surface area (Å²) in [4.78, 5) is 47.7. The van der Waals surface area contributed by atoms with Gasteiger partial charge < -0.3 is 29.1 Å². The number of hydrogen-bond acceptors (Lipinski definition) is 11. The van der Waals surface area contributed by atoms with Crippen molar-refractivity contribution < 1.29 is 38.3 Å². The first-order chi connectivity index (χ1) is 12.6. The summed E-state index contributed by atoms with van der Waals surface area (Å²) in [6.45, 7) is 3.13. The number of ether oxygens (including phenoxy) is 4. The summed E-state index contributed by atoms with van der Waals surface area (Å²) in [6, 6.07) is 0. The maximum absolute atomic E-state index is 11.5. The number of carbonyl (C=O) groups is 3. The highest BCUT2D eigenvalue weighted by Crippen LogP contribution is 2.36. The first kappa shape index (κ1) is 20.7. The standard InChI is InChI=1S/C13H15BrN4O9/c1-5(19)24-4-8-9(25-6(2)20)10(26-7(3)21)11(27-8)17-12(14)15-13(16-17)18(22)23/h8-11H,4H2,1-3H3. The Labute approximate surface area is 160 Å². The van der Waals surface area contributed by atoms with Crippen LogP contribution in [0.3, 0.4) is 0 Å². The molecule has 148 valence electrons. The Morgan fingerprint density at radius 1 is 1.19 bits per heavy atom. The molecule has 2 rings (SSSR count). The normalized spacial score (nSPS) is 24.3. The summed E-state index contributed by atoms with van der Waals surface area (Å²) in [5.74, 6) is -2.74. The molecule has 14 heteroatoms. The van der Waals surface area contributed by atoms with Crippen molar-refractivity contribution in [1.29, 1.82) is 0 Å². The second-order valence-electron chi connectivity index (χ2n) is 5.40. The van der Waals surface area contributed by atoms with Crippen molar-refractivity contribution in [3.63, 3.8) is 0 Å². The Morgan fingerprint density at radius 3 is 2.26 bits per heavy atom. The van der Waals surface area contributed by atoms with Crippen LogP contribution in [0.25, 0.3) is 0 Å². The molecule has 1 aromatic rings. The number of carbonyl (C=O) groups excluding carboxylic acids is 3. The van der Waals surface area contributed by atoms with Gasteiger partial charge in [-0.2, -0.15) is 0 Å². The lowest BCUT2D eigenvalue weighted by Gasteiger charge is -2.22. The molecule has 27 heavy (non-hydrogen) atoms. The van der Waals surface area contributed by atoms with Gasteiger partial charge in [0, 0.05) is 41.8 Å². The van der Waals surface area contributed by atoms with Crippen molar-refractivity contribution in [1.82, 2.24) is 14.8 Å². The van der Waals surface area contributed by atoms with E-state index in [1.54, 1.807) is 0 Å². The SMILES string of the molecule is CC(=O)OCC1OC(n2nc([N+](=O)[O-])nc2Br)C(OC(C)=O)C1OC(C)=O. The van der Waals surface area contributed by atoms with Crippen molar-refractivity contribution >= 4 is 39.8 Å². The third-order valence-electron chi connectivity index (χ3n) is 3.32. The minimum absolute atomic E-state index is 0.0777. The molecule has 0 bridgehead atoms. The van der Waals surface area contributed by atoms with Crippen LogP contribution in [0.15, 0.2) is 4.73 Å². The Bertz CT molecular complexity index is 767. The van der Waals surface area contributed by atoms with Gasteiger partial charge in [0.15, 0.2) is 12.2 Å². The van der Waals surface area contributed by atoms with Gasteiger partial charge in [0.2, 0.25) is 6.23 Å². The van der Waals surface area contributed by atoms with Gasteiger partial charge in [-0.25, -0.2) is 0 Å². The van der Waals surface area contributed by atoms with Crippen molar-refractivity contribution in [2.75, 3.05) is 6.61 Å². The molecule has 2 heterocycles. The average molecular weight is 451 g/mol.